The van der Waals surface area contributed by atoms with Gasteiger partial charge in [0.15, 0.2) is 0 Å². The SMILES string of the molecule is O=C(O)C(=Cc1ccc2ccccc2c1)c1ccccc1. The molecule has 3 aromatic rings. The molecule has 3 rings (SSSR count). The molecule has 2 nitrogen and oxygen atoms in total. The van der Waals surface area contributed by atoms with Gasteiger partial charge in [-0.3, -0.25) is 0 Å². The first-order chi connectivity index (χ1) is 10.2. The fourth-order valence-corrected chi connectivity index (χ4v) is 2.35. The van der Waals surface area contributed by atoms with E-state index in [0.717, 1.165) is 16.3 Å². The third-order valence-corrected chi connectivity index (χ3v) is 3.40. The van der Waals surface area contributed by atoms with E-state index in [2.05, 4.69) is 0 Å². The lowest BCUT2D eigenvalue weighted by Crippen LogP contribution is -1.99. The summed E-state index contributed by atoms with van der Waals surface area (Å²) in [7, 11) is 0. The number of carboxylic acids is 1. The molecule has 0 radical (unpaired) electrons. The van der Waals surface area contributed by atoms with E-state index in [9.17, 15) is 9.90 Å². The van der Waals surface area contributed by atoms with Crippen molar-refractivity contribution in [1.82, 2.24) is 0 Å². The Balaban J connectivity index is 2.09. The summed E-state index contributed by atoms with van der Waals surface area (Å²) in [6.07, 6.45) is 1.71. The second-order valence-electron chi connectivity index (χ2n) is 4.84. The first kappa shape index (κ1) is 13.1. The van der Waals surface area contributed by atoms with Crippen LogP contribution in [0.3, 0.4) is 0 Å². The predicted molar refractivity (Wildman–Crippen MR) is 85.9 cm³/mol. The number of hydrogen-bond acceptors (Lipinski definition) is 1. The molecule has 3 aromatic carbocycles. The first-order valence-corrected chi connectivity index (χ1v) is 6.73. The topological polar surface area (TPSA) is 37.3 Å². The average molecular weight is 274 g/mol. The summed E-state index contributed by atoms with van der Waals surface area (Å²) in [5, 5.41) is 11.7. The summed E-state index contributed by atoms with van der Waals surface area (Å²) in [6, 6.07) is 23.1. The zero-order valence-corrected chi connectivity index (χ0v) is 11.4. The van der Waals surface area contributed by atoms with Gasteiger partial charge in [-0.2, -0.15) is 0 Å². The van der Waals surface area contributed by atoms with Crippen LogP contribution < -0.4 is 0 Å². The highest BCUT2D eigenvalue weighted by atomic mass is 16.4. The van der Waals surface area contributed by atoms with Crippen LogP contribution in [0, 0.1) is 0 Å². The number of hydrogen-bond donors (Lipinski definition) is 1. The molecule has 102 valence electrons. The van der Waals surface area contributed by atoms with Gasteiger partial charge in [0.2, 0.25) is 0 Å². The van der Waals surface area contributed by atoms with Crippen LogP contribution in [0.2, 0.25) is 0 Å². The van der Waals surface area contributed by atoms with Crippen LogP contribution in [0.15, 0.2) is 72.8 Å². The second-order valence-corrected chi connectivity index (χ2v) is 4.84. The van der Waals surface area contributed by atoms with Crippen LogP contribution in [-0.2, 0) is 4.79 Å². The Kier molecular flexibility index (Phi) is 3.52. The van der Waals surface area contributed by atoms with Gasteiger partial charge in [-0.05, 0) is 34.0 Å². The molecule has 0 atom stereocenters. The summed E-state index contributed by atoms with van der Waals surface area (Å²) in [6.45, 7) is 0. The van der Waals surface area contributed by atoms with Crippen LogP contribution in [0.5, 0.6) is 0 Å². The molecule has 0 aliphatic carbocycles. The maximum absolute atomic E-state index is 11.5. The van der Waals surface area contributed by atoms with E-state index < -0.39 is 5.97 Å². The first-order valence-electron chi connectivity index (χ1n) is 6.73. The molecule has 0 fully saturated rings. The summed E-state index contributed by atoms with van der Waals surface area (Å²) in [5.74, 6) is -0.922. The van der Waals surface area contributed by atoms with E-state index in [4.69, 9.17) is 0 Å². The number of benzene rings is 3. The maximum atomic E-state index is 11.5. The van der Waals surface area contributed by atoms with Crippen LogP contribution in [0.4, 0.5) is 0 Å². The molecule has 0 aromatic heterocycles. The van der Waals surface area contributed by atoms with E-state index in [1.807, 2.05) is 60.7 Å². The number of carboxylic acid groups (broad SMARTS) is 1. The Morgan fingerprint density at radius 2 is 1.48 bits per heavy atom. The molecule has 0 aliphatic rings. The molecule has 0 heterocycles. The number of aliphatic carboxylic acids is 1. The minimum absolute atomic E-state index is 0.297. The third kappa shape index (κ3) is 2.84. The number of rotatable bonds is 3. The van der Waals surface area contributed by atoms with E-state index in [0.29, 0.717) is 11.1 Å². The zero-order chi connectivity index (χ0) is 14.7. The van der Waals surface area contributed by atoms with Crippen molar-refractivity contribution in [2.75, 3.05) is 0 Å². The van der Waals surface area contributed by atoms with E-state index in [1.165, 1.54) is 0 Å². The molecule has 0 unspecified atom stereocenters. The van der Waals surface area contributed by atoms with Crippen LogP contribution in [-0.4, -0.2) is 11.1 Å². The molecule has 0 saturated heterocycles. The normalized spacial score (nSPS) is 11.5. The van der Waals surface area contributed by atoms with Crippen molar-refractivity contribution >= 4 is 28.4 Å². The summed E-state index contributed by atoms with van der Waals surface area (Å²) >= 11 is 0. The van der Waals surface area contributed by atoms with E-state index >= 15 is 0 Å². The fourth-order valence-electron chi connectivity index (χ4n) is 2.35. The third-order valence-electron chi connectivity index (χ3n) is 3.40. The van der Waals surface area contributed by atoms with Gasteiger partial charge >= 0.3 is 5.97 Å². The van der Waals surface area contributed by atoms with Gasteiger partial charge in [0.25, 0.3) is 0 Å². The molecule has 1 N–H and O–H groups in total. The van der Waals surface area contributed by atoms with Gasteiger partial charge in [-0.15, -0.1) is 0 Å². The minimum atomic E-state index is -0.922. The molecular formula is C19H14O2. The Morgan fingerprint density at radius 1 is 0.810 bits per heavy atom. The van der Waals surface area contributed by atoms with Crippen LogP contribution in [0.25, 0.3) is 22.4 Å². The van der Waals surface area contributed by atoms with E-state index in [-0.39, 0.29) is 0 Å². The van der Waals surface area contributed by atoms with Crippen molar-refractivity contribution in [3.63, 3.8) is 0 Å². The number of fused-ring (bicyclic) bond motifs is 1. The number of carbonyl (C=O) groups is 1. The molecule has 0 saturated carbocycles. The second kappa shape index (κ2) is 5.63. The van der Waals surface area contributed by atoms with E-state index in [1.54, 1.807) is 18.2 Å². The summed E-state index contributed by atoms with van der Waals surface area (Å²) < 4.78 is 0. The van der Waals surface area contributed by atoms with Crippen molar-refractivity contribution < 1.29 is 9.90 Å². The standard InChI is InChI=1S/C19H14O2/c20-19(21)18(16-7-2-1-3-8-16)13-14-10-11-15-6-4-5-9-17(15)12-14/h1-13H,(H,20,21). The largest absolute Gasteiger partial charge is 0.478 e. The molecular weight excluding hydrogens is 260 g/mol. The smallest absolute Gasteiger partial charge is 0.336 e. The van der Waals surface area contributed by atoms with Crippen molar-refractivity contribution in [3.8, 4) is 0 Å². The predicted octanol–water partition coefficient (Wildman–Crippen LogP) is 4.47. The molecule has 0 aliphatic heterocycles. The minimum Gasteiger partial charge on any atom is -0.478 e. The lowest BCUT2D eigenvalue weighted by Gasteiger charge is -2.04. The molecule has 0 spiro atoms. The van der Waals surface area contributed by atoms with Crippen molar-refractivity contribution in [2.45, 2.75) is 0 Å². The molecule has 21 heavy (non-hydrogen) atoms. The van der Waals surface area contributed by atoms with Crippen LogP contribution >= 0.6 is 0 Å². The summed E-state index contributed by atoms with van der Waals surface area (Å²) in [5.41, 5.74) is 1.89. The summed E-state index contributed by atoms with van der Waals surface area (Å²) in [4.78, 5) is 11.5. The van der Waals surface area contributed by atoms with Crippen molar-refractivity contribution in [1.29, 1.82) is 0 Å². The lowest BCUT2D eigenvalue weighted by atomic mass is 10.0. The Labute approximate surface area is 123 Å². The maximum Gasteiger partial charge on any atom is 0.336 e. The van der Waals surface area contributed by atoms with Gasteiger partial charge in [-0.25, -0.2) is 4.79 Å². The van der Waals surface area contributed by atoms with Gasteiger partial charge in [-0.1, -0.05) is 66.7 Å². The van der Waals surface area contributed by atoms with Gasteiger partial charge in [0.05, 0.1) is 5.57 Å². The highest BCUT2D eigenvalue weighted by Crippen LogP contribution is 2.21. The lowest BCUT2D eigenvalue weighted by molar-refractivity contribution is -0.130. The highest BCUT2D eigenvalue weighted by molar-refractivity contribution is 6.20. The Hall–Kier alpha value is -2.87. The van der Waals surface area contributed by atoms with Gasteiger partial charge in [0.1, 0.15) is 0 Å². The Bertz CT molecular complexity index is 817. The van der Waals surface area contributed by atoms with Crippen LogP contribution in [0.1, 0.15) is 11.1 Å². The van der Waals surface area contributed by atoms with Gasteiger partial charge < -0.3 is 5.11 Å². The average Bonchev–Trinajstić information content (AvgIpc) is 2.53. The van der Waals surface area contributed by atoms with Crippen molar-refractivity contribution in [2.24, 2.45) is 0 Å². The van der Waals surface area contributed by atoms with Gasteiger partial charge in [0, 0.05) is 0 Å². The molecule has 0 bridgehead atoms. The zero-order valence-electron chi connectivity index (χ0n) is 11.4. The highest BCUT2D eigenvalue weighted by Gasteiger charge is 2.09. The van der Waals surface area contributed by atoms with Crippen molar-refractivity contribution in [3.05, 3.63) is 83.9 Å². The quantitative estimate of drug-likeness (QED) is 0.565. The Morgan fingerprint density at radius 3 is 2.19 bits per heavy atom. The fraction of sp³-hybridized carbons (Fsp3) is 0. The molecule has 2 heteroatoms. The monoisotopic (exact) mass is 274 g/mol. The molecule has 0 amide bonds.